The fraction of sp³-hybridized carbons (Fsp3) is 0.292. The van der Waals surface area contributed by atoms with Crippen LogP contribution in [-0.4, -0.2) is 37.8 Å². The molecular formula is C24H25ClN5O3S2+. The average Bonchev–Trinajstić information content (AvgIpc) is 3.32. The number of carbonyl (C=O) groups excluding carboxylic acids is 1. The maximum atomic E-state index is 13.1. The Labute approximate surface area is 213 Å². The van der Waals surface area contributed by atoms with Crippen molar-refractivity contribution in [2.24, 2.45) is 10.2 Å². The van der Waals surface area contributed by atoms with Crippen molar-refractivity contribution in [2.45, 2.75) is 36.6 Å². The van der Waals surface area contributed by atoms with E-state index >= 15 is 0 Å². The number of hydrogen-bond acceptors (Lipinski definition) is 6. The molecule has 0 spiro atoms. The standard InChI is InChI=1S/C24H25ClN5O3S2/c1-17-3-2-4-21(15-17)27-20-11-13-30(14-12-20)35(32,33)23-10-9-22(34-23)16-26-29-28-24(31)18-5-7-19(25)8-6-18/h2-10,15,20,27H,11-14,16H2,1H3/q+1. The lowest BCUT2D eigenvalue weighted by molar-refractivity contribution is 0.0992. The van der Waals surface area contributed by atoms with Crippen LogP contribution < -0.4 is 10.2 Å². The molecule has 1 N–H and O–H groups in total. The number of nitrogens with one attached hydrogen (secondary N) is 1. The Kier molecular flexibility index (Phi) is 8.10. The van der Waals surface area contributed by atoms with Crippen LogP contribution in [0, 0.1) is 6.92 Å². The summed E-state index contributed by atoms with van der Waals surface area (Å²) in [6.45, 7) is 3.11. The Morgan fingerprint density at radius 3 is 2.60 bits per heavy atom. The van der Waals surface area contributed by atoms with E-state index in [1.807, 2.05) is 25.1 Å². The van der Waals surface area contributed by atoms with Crippen molar-refractivity contribution >= 4 is 44.6 Å². The molecule has 0 saturated carbocycles. The summed E-state index contributed by atoms with van der Waals surface area (Å²) >= 11 is 6.96. The molecule has 11 heteroatoms. The van der Waals surface area contributed by atoms with Crippen LogP contribution in [0.2, 0.25) is 5.02 Å². The van der Waals surface area contributed by atoms with Crippen LogP contribution in [-0.2, 0) is 16.6 Å². The molecule has 1 aliphatic heterocycles. The van der Waals surface area contributed by atoms with Gasteiger partial charge in [0.2, 0.25) is 10.0 Å². The Morgan fingerprint density at radius 2 is 1.89 bits per heavy atom. The lowest BCUT2D eigenvalue weighted by Crippen LogP contribution is -2.42. The molecule has 4 rings (SSSR count). The maximum absolute atomic E-state index is 13.1. The molecule has 8 nitrogen and oxygen atoms in total. The Bertz CT molecular complexity index is 1360. The number of carbonyl (C=O) groups is 1. The van der Waals surface area contributed by atoms with Crippen LogP contribution in [0.4, 0.5) is 5.69 Å². The first-order chi connectivity index (χ1) is 16.8. The van der Waals surface area contributed by atoms with E-state index in [9.17, 15) is 13.2 Å². The fourth-order valence-corrected chi connectivity index (χ4v) is 6.77. The molecule has 1 fully saturated rings. The predicted octanol–water partition coefficient (Wildman–Crippen LogP) is 5.29. The van der Waals surface area contributed by atoms with Crippen LogP contribution in [0.1, 0.15) is 33.6 Å². The van der Waals surface area contributed by atoms with Crippen molar-refractivity contribution in [2.75, 3.05) is 18.4 Å². The summed E-state index contributed by atoms with van der Waals surface area (Å²) in [5.74, 6) is -0.528. The molecule has 0 atom stereocenters. The van der Waals surface area contributed by atoms with Crippen LogP contribution in [0.5, 0.6) is 0 Å². The minimum Gasteiger partial charge on any atom is -0.382 e. The normalized spacial score (nSPS) is 14.8. The van der Waals surface area contributed by atoms with Gasteiger partial charge in [0.25, 0.3) is 10.0 Å². The van der Waals surface area contributed by atoms with Gasteiger partial charge < -0.3 is 5.32 Å². The molecule has 182 valence electrons. The topological polar surface area (TPSA) is 105 Å². The van der Waals surface area contributed by atoms with E-state index in [4.69, 9.17) is 11.6 Å². The van der Waals surface area contributed by atoms with Gasteiger partial charge >= 0.3 is 5.91 Å². The SMILES string of the molecule is Cc1cccc(NC2CCN(S(=O)(=O)c3ccc(CN=[N+]=NC(=O)c4ccc(Cl)cc4)s3)CC2)c1. The first kappa shape index (κ1) is 25.2. The van der Waals surface area contributed by atoms with Gasteiger partial charge in [-0.2, -0.15) is 4.31 Å². The van der Waals surface area contributed by atoms with Crippen LogP contribution in [0.3, 0.4) is 0 Å². The minimum absolute atomic E-state index is 0.139. The van der Waals surface area contributed by atoms with E-state index in [2.05, 4.69) is 26.5 Å². The van der Waals surface area contributed by atoms with Crippen molar-refractivity contribution in [3.05, 3.63) is 81.7 Å². The number of piperidine rings is 1. The summed E-state index contributed by atoms with van der Waals surface area (Å²) in [6.07, 6.45) is 1.48. The third-order valence-electron chi connectivity index (χ3n) is 5.59. The number of benzene rings is 2. The quantitative estimate of drug-likeness (QED) is 0.331. The van der Waals surface area contributed by atoms with Gasteiger partial charge in [0.05, 0.1) is 0 Å². The fourth-order valence-electron chi connectivity index (χ4n) is 3.74. The number of sulfonamides is 1. The van der Waals surface area contributed by atoms with Gasteiger partial charge in [0.15, 0.2) is 6.54 Å². The number of nitrogens with zero attached hydrogens (tertiary/aromatic N) is 4. The van der Waals surface area contributed by atoms with Crippen molar-refractivity contribution in [3.8, 4) is 0 Å². The van der Waals surface area contributed by atoms with Crippen LogP contribution in [0.25, 0.3) is 0 Å². The molecule has 35 heavy (non-hydrogen) atoms. The van der Waals surface area contributed by atoms with Gasteiger partial charge in [0.1, 0.15) is 9.32 Å². The average molecular weight is 531 g/mol. The van der Waals surface area contributed by atoms with E-state index in [0.29, 0.717) is 23.7 Å². The van der Waals surface area contributed by atoms with Gasteiger partial charge in [-0.05, 0) is 73.9 Å². The maximum Gasteiger partial charge on any atom is 0.360 e. The van der Waals surface area contributed by atoms with Crippen LogP contribution in [0.15, 0.2) is 75.1 Å². The molecule has 3 aromatic rings. The summed E-state index contributed by atoms with van der Waals surface area (Å²) < 4.78 is 28.0. The molecule has 1 aliphatic rings. The molecule has 1 saturated heterocycles. The molecule has 0 radical (unpaired) electrons. The first-order valence-corrected chi connectivity index (χ1v) is 13.7. The zero-order chi connectivity index (χ0) is 24.8. The van der Waals surface area contributed by atoms with E-state index in [-0.39, 0.29) is 16.8 Å². The van der Waals surface area contributed by atoms with Crippen molar-refractivity contribution in [3.63, 3.8) is 0 Å². The summed E-state index contributed by atoms with van der Waals surface area (Å²) in [5, 5.41) is 11.5. The third-order valence-corrected chi connectivity index (χ3v) is 9.28. The summed E-state index contributed by atoms with van der Waals surface area (Å²) in [7, 11) is -3.56. The highest BCUT2D eigenvalue weighted by atomic mass is 35.5. The van der Waals surface area contributed by atoms with Gasteiger partial charge in [-0.15, -0.1) is 11.3 Å². The lowest BCUT2D eigenvalue weighted by atomic mass is 10.1. The largest absolute Gasteiger partial charge is 0.382 e. The van der Waals surface area contributed by atoms with Gasteiger partial charge in [-0.3, -0.25) is 4.79 Å². The van der Waals surface area contributed by atoms with E-state index in [1.165, 1.54) is 5.56 Å². The molecule has 0 unspecified atom stereocenters. The van der Waals surface area contributed by atoms with Gasteiger partial charge in [-0.1, -0.05) is 23.7 Å². The zero-order valence-electron chi connectivity index (χ0n) is 19.1. The Hall–Kier alpha value is -2.88. The second kappa shape index (κ2) is 11.2. The summed E-state index contributed by atoms with van der Waals surface area (Å²) in [5.41, 5.74) is 2.60. The number of rotatable bonds is 7. The summed E-state index contributed by atoms with van der Waals surface area (Å²) in [6, 6.07) is 18.0. The molecule has 0 bridgehead atoms. The highest BCUT2D eigenvalue weighted by Crippen LogP contribution is 2.28. The number of thiophene rings is 1. The second-order valence-electron chi connectivity index (χ2n) is 8.21. The third kappa shape index (κ3) is 6.62. The monoisotopic (exact) mass is 530 g/mol. The smallest absolute Gasteiger partial charge is 0.360 e. The highest BCUT2D eigenvalue weighted by Gasteiger charge is 2.30. The number of aryl methyl sites for hydroxylation is 1. The Balaban J connectivity index is 1.31. The van der Waals surface area contributed by atoms with Gasteiger partial charge in [0, 0.05) is 40.3 Å². The van der Waals surface area contributed by atoms with E-state index in [1.54, 1.807) is 40.7 Å². The van der Waals surface area contributed by atoms with Crippen molar-refractivity contribution < 1.29 is 13.2 Å². The molecule has 1 amide bonds. The molecule has 2 aromatic carbocycles. The first-order valence-electron chi connectivity index (χ1n) is 11.1. The summed E-state index contributed by atoms with van der Waals surface area (Å²) in [4.78, 5) is 16.3. The number of hydrogen-bond donors (Lipinski definition) is 1. The zero-order valence-corrected chi connectivity index (χ0v) is 21.5. The second-order valence-corrected chi connectivity index (χ2v) is 12.0. The number of halogens is 1. The minimum atomic E-state index is -3.56. The van der Waals surface area contributed by atoms with Crippen molar-refractivity contribution in [1.82, 2.24) is 9.22 Å². The van der Waals surface area contributed by atoms with Crippen LogP contribution >= 0.6 is 22.9 Å². The number of amides is 1. The predicted molar refractivity (Wildman–Crippen MR) is 137 cm³/mol. The van der Waals surface area contributed by atoms with E-state index < -0.39 is 15.9 Å². The van der Waals surface area contributed by atoms with Gasteiger partial charge in [-0.25, -0.2) is 8.42 Å². The number of anilines is 1. The molecule has 2 heterocycles. The molecule has 0 aliphatic carbocycles. The lowest BCUT2D eigenvalue weighted by Gasteiger charge is -2.31. The Morgan fingerprint density at radius 1 is 1.14 bits per heavy atom. The highest BCUT2D eigenvalue weighted by molar-refractivity contribution is 7.91. The van der Waals surface area contributed by atoms with E-state index in [0.717, 1.165) is 34.7 Å². The molecular weight excluding hydrogens is 506 g/mol. The van der Waals surface area contributed by atoms with Crippen molar-refractivity contribution in [1.29, 1.82) is 0 Å². The molecule has 1 aromatic heterocycles.